The Bertz CT molecular complexity index is 387. The maximum atomic E-state index is 9.86. The zero-order valence-electron chi connectivity index (χ0n) is 15.5. The van der Waals surface area contributed by atoms with Gasteiger partial charge >= 0.3 is 0 Å². The van der Waals surface area contributed by atoms with E-state index in [1.165, 1.54) is 5.57 Å². The summed E-state index contributed by atoms with van der Waals surface area (Å²) in [6.45, 7) is 15.1. The number of hydrogen-bond donors (Lipinski definition) is 1. The van der Waals surface area contributed by atoms with Gasteiger partial charge in [0.15, 0.2) is 6.29 Å². The molecule has 0 aromatic rings. The van der Waals surface area contributed by atoms with E-state index in [4.69, 9.17) is 14.2 Å². The van der Waals surface area contributed by atoms with Gasteiger partial charge in [0, 0.05) is 18.4 Å². The van der Waals surface area contributed by atoms with Gasteiger partial charge in [-0.15, -0.1) is 0 Å². The maximum absolute atomic E-state index is 9.86. The highest BCUT2D eigenvalue weighted by molar-refractivity contribution is 5.18. The van der Waals surface area contributed by atoms with Gasteiger partial charge in [0.2, 0.25) is 0 Å². The monoisotopic (exact) mass is 314 g/mol. The van der Waals surface area contributed by atoms with Crippen molar-refractivity contribution < 1.29 is 19.3 Å². The second kappa shape index (κ2) is 7.91. The molecule has 0 aromatic carbocycles. The van der Waals surface area contributed by atoms with Crippen molar-refractivity contribution in [3.63, 3.8) is 0 Å². The van der Waals surface area contributed by atoms with Crippen LogP contribution >= 0.6 is 0 Å². The van der Waals surface area contributed by atoms with Crippen molar-refractivity contribution in [1.82, 2.24) is 0 Å². The first-order valence-electron chi connectivity index (χ1n) is 8.31. The van der Waals surface area contributed by atoms with Crippen molar-refractivity contribution in [2.45, 2.75) is 79.5 Å². The van der Waals surface area contributed by atoms with Crippen molar-refractivity contribution >= 4 is 0 Å². The molecule has 1 saturated heterocycles. The number of aliphatic hydroxyl groups is 1. The van der Waals surface area contributed by atoms with Crippen LogP contribution in [-0.4, -0.2) is 43.4 Å². The van der Waals surface area contributed by atoms with Gasteiger partial charge in [0.05, 0.1) is 24.9 Å². The molecular weight excluding hydrogens is 280 g/mol. The third-order valence-corrected chi connectivity index (χ3v) is 5.24. The Kier molecular flexibility index (Phi) is 7.06. The molecule has 0 spiro atoms. The molecule has 4 nitrogen and oxygen atoms in total. The predicted octanol–water partition coefficient (Wildman–Crippen LogP) is 3.53. The lowest BCUT2D eigenvalue weighted by Gasteiger charge is -2.50. The fraction of sp³-hybridized carbons (Fsp3) is 0.889. The molecule has 1 fully saturated rings. The SMILES string of the molecule is CC[C@@H]1OC(COC)O[C@@H]([C@@H](C)/C(C)=C(\C)[C@H](C)O)C1(C)C. The standard InChI is InChI=1S/C18H34O4/c1-9-15-18(6,7)17(22-16(21-15)10-20-8)13(4)11(2)12(3)14(5)19/h13-17,19H,9-10H2,1-8H3/b12-11+/t13-,14-,15-,16?,17-/m0/s1. The second-order valence-corrected chi connectivity index (χ2v) is 7.13. The van der Waals surface area contributed by atoms with Gasteiger partial charge in [-0.25, -0.2) is 0 Å². The fourth-order valence-electron chi connectivity index (χ4n) is 3.43. The first-order valence-corrected chi connectivity index (χ1v) is 8.31. The van der Waals surface area contributed by atoms with Gasteiger partial charge in [-0.1, -0.05) is 33.3 Å². The Hall–Kier alpha value is -0.420. The minimum atomic E-state index is -0.429. The molecular formula is C18H34O4. The van der Waals surface area contributed by atoms with Gasteiger partial charge in [0.1, 0.15) is 0 Å². The summed E-state index contributed by atoms with van der Waals surface area (Å²) in [5.41, 5.74) is 2.12. The highest BCUT2D eigenvalue weighted by Gasteiger charge is 2.47. The van der Waals surface area contributed by atoms with Crippen molar-refractivity contribution in [3.05, 3.63) is 11.1 Å². The molecule has 1 heterocycles. The molecule has 1 N–H and O–H groups in total. The van der Waals surface area contributed by atoms with Crippen LogP contribution in [0.25, 0.3) is 0 Å². The lowest BCUT2D eigenvalue weighted by molar-refractivity contribution is -0.310. The normalized spacial score (nSPS) is 32.3. The minimum Gasteiger partial charge on any atom is -0.389 e. The fourth-order valence-corrected chi connectivity index (χ4v) is 3.43. The third-order valence-electron chi connectivity index (χ3n) is 5.24. The van der Waals surface area contributed by atoms with E-state index in [0.29, 0.717) is 6.61 Å². The van der Waals surface area contributed by atoms with E-state index in [0.717, 1.165) is 12.0 Å². The molecule has 5 atom stereocenters. The Balaban J connectivity index is 3.08. The maximum Gasteiger partial charge on any atom is 0.181 e. The van der Waals surface area contributed by atoms with Crippen LogP contribution in [0.1, 0.15) is 54.9 Å². The molecule has 1 aliphatic heterocycles. The molecule has 130 valence electrons. The summed E-state index contributed by atoms with van der Waals surface area (Å²) in [4.78, 5) is 0. The summed E-state index contributed by atoms with van der Waals surface area (Å²) in [6.07, 6.45) is 0.351. The summed E-state index contributed by atoms with van der Waals surface area (Å²) in [7, 11) is 1.66. The molecule has 1 unspecified atom stereocenters. The highest BCUT2D eigenvalue weighted by atomic mass is 16.7. The molecule has 0 radical (unpaired) electrons. The summed E-state index contributed by atoms with van der Waals surface area (Å²) in [5.74, 6) is 0.210. The average molecular weight is 314 g/mol. The number of hydrogen-bond acceptors (Lipinski definition) is 4. The van der Waals surface area contributed by atoms with Crippen molar-refractivity contribution in [2.24, 2.45) is 11.3 Å². The average Bonchev–Trinajstić information content (AvgIpc) is 2.46. The van der Waals surface area contributed by atoms with Crippen LogP contribution in [0.2, 0.25) is 0 Å². The van der Waals surface area contributed by atoms with Crippen LogP contribution in [0.5, 0.6) is 0 Å². The Morgan fingerprint density at radius 3 is 2.23 bits per heavy atom. The molecule has 0 aromatic heterocycles. The zero-order chi connectivity index (χ0) is 17.1. The largest absolute Gasteiger partial charge is 0.389 e. The van der Waals surface area contributed by atoms with Gasteiger partial charge in [-0.2, -0.15) is 0 Å². The molecule has 1 aliphatic rings. The first kappa shape index (κ1) is 19.6. The summed E-state index contributed by atoms with van der Waals surface area (Å²) in [5, 5.41) is 9.86. The van der Waals surface area contributed by atoms with Crippen molar-refractivity contribution in [3.8, 4) is 0 Å². The molecule has 0 saturated carbocycles. The van der Waals surface area contributed by atoms with Crippen LogP contribution in [0.15, 0.2) is 11.1 Å². The van der Waals surface area contributed by atoms with Gasteiger partial charge < -0.3 is 19.3 Å². The Morgan fingerprint density at radius 2 is 1.77 bits per heavy atom. The predicted molar refractivity (Wildman–Crippen MR) is 88.7 cm³/mol. The third kappa shape index (κ3) is 4.10. The number of aliphatic hydroxyl groups excluding tert-OH is 1. The van der Waals surface area contributed by atoms with Crippen LogP contribution < -0.4 is 0 Å². The molecule has 4 heteroatoms. The summed E-state index contributed by atoms with van der Waals surface area (Å²) >= 11 is 0. The summed E-state index contributed by atoms with van der Waals surface area (Å²) < 4.78 is 17.5. The van der Waals surface area contributed by atoms with E-state index in [1.807, 2.05) is 13.8 Å². The first-order chi connectivity index (χ1) is 10.2. The highest BCUT2D eigenvalue weighted by Crippen LogP contribution is 2.43. The van der Waals surface area contributed by atoms with Crippen LogP contribution in [0, 0.1) is 11.3 Å². The molecule has 0 amide bonds. The Labute approximate surface area is 135 Å². The number of methoxy groups -OCH3 is 1. The summed E-state index contributed by atoms with van der Waals surface area (Å²) in [6, 6.07) is 0. The van der Waals surface area contributed by atoms with Crippen LogP contribution in [0.4, 0.5) is 0 Å². The van der Waals surface area contributed by atoms with Gasteiger partial charge in [-0.3, -0.25) is 0 Å². The molecule has 0 bridgehead atoms. The van der Waals surface area contributed by atoms with Crippen LogP contribution in [0.3, 0.4) is 0 Å². The van der Waals surface area contributed by atoms with E-state index in [1.54, 1.807) is 7.11 Å². The van der Waals surface area contributed by atoms with E-state index >= 15 is 0 Å². The van der Waals surface area contributed by atoms with E-state index in [9.17, 15) is 5.11 Å². The van der Waals surface area contributed by atoms with E-state index in [2.05, 4.69) is 34.6 Å². The van der Waals surface area contributed by atoms with E-state index in [-0.39, 0.29) is 29.8 Å². The zero-order valence-corrected chi connectivity index (χ0v) is 15.5. The molecule has 1 rings (SSSR count). The molecule has 22 heavy (non-hydrogen) atoms. The van der Waals surface area contributed by atoms with Gasteiger partial charge in [-0.05, 0) is 32.8 Å². The van der Waals surface area contributed by atoms with Gasteiger partial charge in [0.25, 0.3) is 0 Å². The van der Waals surface area contributed by atoms with Crippen molar-refractivity contribution in [2.75, 3.05) is 13.7 Å². The Morgan fingerprint density at radius 1 is 1.18 bits per heavy atom. The lowest BCUT2D eigenvalue weighted by atomic mass is 9.71. The number of ether oxygens (including phenoxy) is 3. The lowest BCUT2D eigenvalue weighted by Crippen LogP contribution is -2.55. The molecule has 0 aliphatic carbocycles. The van der Waals surface area contributed by atoms with Crippen molar-refractivity contribution in [1.29, 1.82) is 0 Å². The second-order valence-electron chi connectivity index (χ2n) is 7.13. The number of rotatable bonds is 6. The quantitative estimate of drug-likeness (QED) is 0.762. The minimum absolute atomic E-state index is 0.0278. The topological polar surface area (TPSA) is 47.9 Å². The smallest absolute Gasteiger partial charge is 0.181 e. The van der Waals surface area contributed by atoms with E-state index < -0.39 is 6.10 Å². The van der Waals surface area contributed by atoms with Crippen LogP contribution in [-0.2, 0) is 14.2 Å².